The van der Waals surface area contributed by atoms with E-state index in [0.717, 1.165) is 12.0 Å². The van der Waals surface area contributed by atoms with Gasteiger partial charge in [0.05, 0.1) is 12.0 Å². The summed E-state index contributed by atoms with van der Waals surface area (Å²) >= 11 is 1.30. The molecule has 3 amide bonds. The number of anilines is 1. The monoisotopic (exact) mass is 502 g/mol. The molecular weight excluding hydrogens is 464 g/mol. The molecule has 1 heterocycles. The smallest absolute Gasteiger partial charge is 0.249 e. The van der Waals surface area contributed by atoms with Crippen molar-refractivity contribution in [3.8, 4) is 0 Å². The molecule has 2 rings (SSSR count). The van der Waals surface area contributed by atoms with Gasteiger partial charge in [0.1, 0.15) is 6.04 Å². The molecule has 2 aromatic rings. The largest absolute Gasteiger partial charge is 0.343 e. The first-order valence-corrected chi connectivity index (χ1v) is 12.8. The zero-order valence-electron chi connectivity index (χ0n) is 21.4. The van der Waals surface area contributed by atoms with E-state index in [-0.39, 0.29) is 23.7 Å². The lowest BCUT2D eigenvalue weighted by molar-refractivity contribution is -0.174. The number of carbonyl (C=O) groups excluding carboxylic acids is 3. The molecule has 0 radical (unpaired) electrons. The van der Waals surface area contributed by atoms with Crippen LogP contribution in [0.15, 0.2) is 41.9 Å². The number of hydroxylamine groups is 2. The average molecular weight is 503 g/mol. The molecule has 4 atom stereocenters. The zero-order valence-corrected chi connectivity index (χ0v) is 22.2. The van der Waals surface area contributed by atoms with Crippen LogP contribution in [0.2, 0.25) is 0 Å². The van der Waals surface area contributed by atoms with Crippen LogP contribution < -0.4 is 10.6 Å². The number of hydrogen-bond donors (Lipinski definition) is 3. The first-order chi connectivity index (χ1) is 16.4. The summed E-state index contributed by atoms with van der Waals surface area (Å²) in [4.78, 5) is 42.4. The summed E-state index contributed by atoms with van der Waals surface area (Å²) in [6, 6.07) is 8.38. The predicted octanol–water partition coefficient (Wildman–Crippen LogP) is 4.37. The van der Waals surface area contributed by atoms with Gasteiger partial charge in [0.25, 0.3) is 0 Å². The van der Waals surface area contributed by atoms with E-state index in [0.29, 0.717) is 23.0 Å². The first kappa shape index (κ1) is 28.5. The maximum absolute atomic E-state index is 13.7. The maximum Gasteiger partial charge on any atom is 0.249 e. The molecule has 1 aromatic heterocycles. The second-order valence-corrected chi connectivity index (χ2v) is 11.4. The summed E-state index contributed by atoms with van der Waals surface area (Å²) in [7, 11) is 0. The average Bonchev–Trinajstić information content (AvgIpc) is 3.29. The summed E-state index contributed by atoms with van der Waals surface area (Å²) in [5, 5.41) is 18.9. The number of hydrogen-bond acceptors (Lipinski definition) is 6. The predicted molar refractivity (Wildman–Crippen MR) is 138 cm³/mol. The quantitative estimate of drug-likeness (QED) is 0.227. The molecular formula is C26H38N4O4S. The highest BCUT2D eigenvalue weighted by molar-refractivity contribution is 7.13. The highest BCUT2D eigenvalue weighted by Gasteiger charge is 2.40. The van der Waals surface area contributed by atoms with Crippen molar-refractivity contribution in [3.05, 3.63) is 47.5 Å². The fourth-order valence-corrected chi connectivity index (χ4v) is 4.88. The lowest BCUT2D eigenvalue weighted by Gasteiger charge is -2.37. The molecule has 0 saturated heterocycles. The van der Waals surface area contributed by atoms with Crippen LogP contribution in [0.4, 0.5) is 5.13 Å². The lowest BCUT2D eigenvalue weighted by Crippen LogP contribution is -2.56. The Hall–Kier alpha value is -2.78. The van der Waals surface area contributed by atoms with Crippen LogP contribution in [-0.4, -0.2) is 45.6 Å². The summed E-state index contributed by atoms with van der Waals surface area (Å²) in [5.74, 6) is -1.57. The molecule has 1 unspecified atom stereocenters. The number of carbonyl (C=O) groups is 3. The van der Waals surface area contributed by atoms with Crippen molar-refractivity contribution in [2.24, 2.45) is 23.2 Å². The van der Waals surface area contributed by atoms with Gasteiger partial charge in [-0.15, -0.1) is 11.3 Å². The van der Waals surface area contributed by atoms with Gasteiger partial charge in [-0.2, -0.15) is 0 Å². The lowest BCUT2D eigenvalue weighted by atomic mass is 9.80. The van der Waals surface area contributed by atoms with Gasteiger partial charge in [-0.3, -0.25) is 19.6 Å². The van der Waals surface area contributed by atoms with Crippen LogP contribution in [0.25, 0.3) is 0 Å². The molecule has 0 fully saturated rings. The number of nitrogens with zero attached hydrogens (tertiary/aromatic N) is 2. The summed E-state index contributed by atoms with van der Waals surface area (Å²) in [6.07, 6.45) is 3.11. The fraction of sp³-hybridized carbons (Fsp3) is 0.538. The van der Waals surface area contributed by atoms with Gasteiger partial charge >= 0.3 is 0 Å². The van der Waals surface area contributed by atoms with E-state index in [9.17, 15) is 19.6 Å². The van der Waals surface area contributed by atoms with E-state index in [1.165, 1.54) is 11.3 Å². The van der Waals surface area contributed by atoms with E-state index >= 15 is 0 Å². The van der Waals surface area contributed by atoms with Gasteiger partial charge in [-0.25, -0.2) is 10.0 Å². The van der Waals surface area contributed by atoms with Crippen molar-refractivity contribution in [2.45, 2.75) is 66.5 Å². The van der Waals surface area contributed by atoms with E-state index in [1.807, 2.05) is 71.9 Å². The van der Waals surface area contributed by atoms with E-state index in [2.05, 4.69) is 15.6 Å². The molecule has 0 saturated carbocycles. The Bertz CT molecular complexity index is 944. The summed E-state index contributed by atoms with van der Waals surface area (Å²) in [5.41, 5.74) is 0.556. The third-order valence-corrected chi connectivity index (χ3v) is 6.69. The molecule has 8 nitrogen and oxygen atoms in total. The Morgan fingerprint density at radius 2 is 1.80 bits per heavy atom. The van der Waals surface area contributed by atoms with Crippen LogP contribution >= 0.6 is 11.3 Å². The Morgan fingerprint density at radius 3 is 2.31 bits per heavy atom. The summed E-state index contributed by atoms with van der Waals surface area (Å²) in [6.45, 7) is 11.4. The molecule has 192 valence electrons. The first-order valence-electron chi connectivity index (χ1n) is 11.9. The Morgan fingerprint density at radius 1 is 1.14 bits per heavy atom. The molecule has 0 aliphatic heterocycles. The topological polar surface area (TPSA) is 112 Å². The Kier molecular flexibility index (Phi) is 10.4. The van der Waals surface area contributed by atoms with Crippen LogP contribution in [-0.2, 0) is 20.8 Å². The highest BCUT2D eigenvalue weighted by atomic mass is 32.1. The molecule has 0 aliphatic rings. The van der Waals surface area contributed by atoms with Crippen LogP contribution in [0.5, 0.6) is 0 Å². The van der Waals surface area contributed by atoms with Crippen molar-refractivity contribution < 1.29 is 19.6 Å². The third kappa shape index (κ3) is 8.43. The minimum atomic E-state index is -0.845. The molecule has 0 bridgehead atoms. The van der Waals surface area contributed by atoms with Gasteiger partial charge in [-0.1, -0.05) is 71.9 Å². The van der Waals surface area contributed by atoms with Gasteiger partial charge < -0.3 is 10.6 Å². The molecule has 3 N–H and O–H groups in total. The Labute approximate surface area is 212 Å². The van der Waals surface area contributed by atoms with Crippen molar-refractivity contribution in [2.75, 3.05) is 5.32 Å². The SMILES string of the molecule is CC(Cc1ccccc1)C[C@@H](C(=O)N[C@H](C(=O)Nc1nccs1)C(C)(C)C)[C@H](C(C)C)N(O)C=O. The number of benzene rings is 1. The van der Waals surface area contributed by atoms with Crippen molar-refractivity contribution in [1.82, 2.24) is 15.4 Å². The van der Waals surface area contributed by atoms with Crippen molar-refractivity contribution >= 4 is 34.7 Å². The number of amides is 3. The third-order valence-electron chi connectivity index (χ3n) is 6.01. The van der Waals surface area contributed by atoms with Crippen LogP contribution in [0, 0.1) is 23.2 Å². The second kappa shape index (κ2) is 12.8. The van der Waals surface area contributed by atoms with Crippen LogP contribution in [0.1, 0.15) is 53.5 Å². The number of aromatic nitrogens is 1. The molecule has 35 heavy (non-hydrogen) atoms. The fourth-order valence-electron chi connectivity index (χ4n) is 4.35. The van der Waals surface area contributed by atoms with Crippen LogP contribution in [0.3, 0.4) is 0 Å². The van der Waals surface area contributed by atoms with E-state index < -0.39 is 23.4 Å². The summed E-state index contributed by atoms with van der Waals surface area (Å²) < 4.78 is 0. The standard InChI is InChI=1S/C26H38N4O4S/c1-17(2)21(30(34)16-31)20(15-18(3)14-19-10-8-7-9-11-19)23(32)28-22(26(4,5)6)24(33)29-25-27-12-13-35-25/h7-13,16-18,20-22,34H,14-15H2,1-6H3,(H,28,32)(H,27,29,33)/t18?,20-,21+,22-/m1/s1. The van der Waals surface area contributed by atoms with Crippen molar-refractivity contribution in [3.63, 3.8) is 0 Å². The minimum absolute atomic E-state index is 0.0895. The number of thiazole rings is 1. The molecule has 9 heteroatoms. The normalized spacial score (nSPS) is 15.1. The minimum Gasteiger partial charge on any atom is -0.343 e. The zero-order chi connectivity index (χ0) is 26.2. The highest BCUT2D eigenvalue weighted by Crippen LogP contribution is 2.28. The van der Waals surface area contributed by atoms with Gasteiger partial charge in [-0.05, 0) is 35.7 Å². The second-order valence-electron chi connectivity index (χ2n) is 10.5. The van der Waals surface area contributed by atoms with Gasteiger partial charge in [0, 0.05) is 11.6 Å². The van der Waals surface area contributed by atoms with Crippen molar-refractivity contribution in [1.29, 1.82) is 0 Å². The number of nitrogens with one attached hydrogen (secondary N) is 2. The van der Waals surface area contributed by atoms with Gasteiger partial charge in [0.2, 0.25) is 18.2 Å². The number of rotatable bonds is 12. The molecule has 1 aromatic carbocycles. The Balaban J connectivity index is 2.30. The molecule has 0 spiro atoms. The van der Waals surface area contributed by atoms with E-state index in [1.54, 1.807) is 11.6 Å². The molecule has 0 aliphatic carbocycles. The van der Waals surface area contributed by atoms with Gasteiger partial charge in [0.15, 0.2) is 5.13 Å². The maximum atomic E-state index is 13.7. The van der Waals surface area contributed by atoms with E-state index in [4.69, 9.17) is 0 Å².